The predicted octanol–water partition coefficient (Wildman–Crippen LogP) is 4.04. The number of nitrogens with one attached hydrogen (secondary N) is 1. The first-order chi connectivity index (χ1) is 11.1. The highest BCUT2D eigenvalue weighted by Crippen LogP contribution is 2.40. The normalized spacial score (nSPS) is 11.1. The lowest BCUT2D eigenvalue weighted by Crippen LogP contribution is -2.10. The number of hydrogen-bond donors (Lipinski definition) is 2. The molecule has 0 aliphatic carbocycles. The second kappa shape index (κ2) is 6.64. The minimum absolute atomic E-state index is 0.674. The minimum atomic E-state index is 0.674. The molecule has 3 aromatic rings. The van der Waals surface area contributed by atoms with E-state index in [1.807, 2.05) is 6.92 Å². The summed E-state index contributed by atoms with van der Waals surface area (Å²) in [5, 5.41) is 4.56. The molecule has 0 aliphatic heterocycles. The van der Waals surface area contributed by atoms with Crippen molar-refractivity contribution in [3.05, 3.63) is 40.5 Å². The van der Waals surface area contributed by atoms with Gasteiger partial charge in [-0.1, -0.05) is 29.8 Å². The number of nitrogens with two attached hydrogens (primary N) is 1. The van der Waals surface area contributed by atoms with Crippen molar-refractivity contribution in [1.82, 2.24) is 9.97 Å². The smallest absolute Gasteiger partial charge is 0.139 e. The van der Waals surface area contributed by atoms with Crippen molar-refractivity contribution >= 4 is 27.4 Å². The maximum atomic E-state index is 5.60. The van der Waals surface area contributed by atoms with Crippen LogP contribution >= 0.6 is 11.3 Å². The summed E-state index contributed by atoms with van der Waals surface area (Å²) >= 11 is 1.73. The van der Waals surface area contributed by atoms with E-state index in [0.29, 0.717) is 6.54 Å². The summed E-state index contributed by atoms with van der Waals surface area (Å²) in [4.78, 5) is 11.6. The monoisotopic (exact) mass is 326 g/mol. The van der Waals surface area contributed by atoms with Gasteiger partial charge in [-0.25, -0.2) is 9.97 Å². The molecule has 0 atom stereocenters. The molecular formula is C18H22N4S. The molecule has 4 nitrogen and oxygen atoms in total. The topological polar surface area (TPSA) is 63.8 Å². The summed E-state index contributed by atoms with van der Waals surface area (Å²) in [5.41, 5.74) is 9.32. The minimum Gasteiger partial charge on any atom is -0.369 e. The predicted molar refractivity (Wildman–Crippen MR) is 99.2 cm³/mol. The quantitative estimate of drug-likeness (QED) is 0.694. The first kappa shape index (κ1) is 15.9. The van der Waals surface area contributed by atoms with Crippen LogP contribution in [0.15, 0.2) is 24.3 Å². The maximum absolute atomic E-state index is 5.60. The van der Waals surface area contributed by atoms with Crippen LogP contribution in [0, 0.1) is 20.8 Å². The van der Waals surface area contributed by atoms with Gasteiger partial charge in [0.15, 0.2) is 0 Å². The van der Waals surface area contributed by atoms with Crippen LogP contribution in [-0.2, 0) is 0 Å². The molecule has 23 heavy (non-hydrogen) atoms. The van der Waals surface area contributed by atoms with Gasteiger partial charge < -0.3 is 11.1 Å². The Morgan fingerprint density at radius 2 is 1.83 bits per heavy atom. The summed E-state index contributed by atoms with van der Waals surface area (Å²) in [5.74, 6) is 1.71. The summed E-state index contributed by atoms with van der Waals surface area (Å²) < 4.78 is 0. The number of aromatic nitrogens is 2. The number of anilines is 1. The molecule has 0 radical (unpaired) electrons. The van der Waals surface area contributed by atoms with Crippen molar-refractivity contribution in [2.24, 2.45) is 5.73 Å². The van der Waals surface area contributed by atoms with E-state index in [2.05, 4.69) is 53.4 Å². The van der Waals surface area contributed by atoms with Crippen molar-refractivity contribution in [2.45, 2.75) is 27.2 Å². The van der Waals surface area contributed by atoms with E-state index < -0.39 is 0 Å². The van der Waals surface area contributed by atoms with E-state index >= 15 is 0 Å². The van der Waals surface area contributed by atoms with Gasteiger partial charge in [-0.3, -0.25) is 0 Å². The Hall–Kier alpha value is -1.98. The molecule has 0 saturated heterocycles. The van der Waals surface area contributed by atoms with Gasteiger partial charge in [0.1, 0.15) is 16.5 Å². The molecule has 0 saturated carbocycles. The van der Waals surface area contributed by atoms with Crippen molar-refractivity contribution in [3.63, 3.8) is 0 Å². The zero-order valence-corrected chi connectivity index (χ0v) is 14.6. The Labute approximate surface area is 140 Å². The number of fused-ring (bicyclic) bond motifs is 1. The Bertz CT molecular complexity index is 821. The van der Waals surface area contributed by atoms with E-state index in [4.69, 9.17) is 5.73 Å². The Morgan fingerprint density at radius 1 is 1.09 bits per heavy atom. The number of aryl methyl sites for hydroxylation is 3. The van der Waals surface area contributed by atoms with Crippen LogP contribution in [0.3, 0.4) is 0 Å². The highest BCUT2D eigenvalue weighted by Gasteiger charge is 2.17. The largest absolute Gasteiger partial charge is 0.369 e. The van der Waals surface area contributed by atoms with Crippen molar-refractivity contribution < 1.29 is 0 Å². The Morgan fingerprint density at radius 3 is 2.52 bits per heavy atom. The number of rotatable bonds is 5. The first-order valence-electron chi connectivity index (χ1n) is 7.89. The van der Waals surface area contributed by atoms with Gasteiger partial charge in [-0.15, -0.1) is 11.3 Å². The third-order valence-electron chi connectivity index (χ3n) is 3.85. The van der Waals surface area contributed by atoms with Crippen LogP contribution in [-0.4, -0.2) is 23.1 Å². The molecule has 0 unspecified atom stereocenters. The van der Waals surface area contributed by atoms with Gasteiger partial charge in [0, 0.05) is 17.0 Å². The van der Waals surface area contributed by atoms with E-state index in [1.54, 1.807) is 11.3 Å². The fourth-order valence-corrected chi connectivity index (χ4v) is 3.81. The lowest BCUT2D eigenvalue weighted by atomic mass is 10.0. The third-order valence-corrected chi connectivity index (χ3v) is 4.85. The van der Waals surface area contributed by atoms with Crippen LogP contribution in [0.1, 0.15) is 22.7 Å². The molecule has 0 amide bonds. The Kier molecular flexibility index (Phi) is 4.59. The van der Waals surface area contributed by atoms with Gasteiger partial charge >= 0.3 is 0 Å². The molecular weight excluding hydrogens is 304 g/mol. The van der Waals surface area contributed by atoms with Crippen molar-refractivity contribution in [3.8, 4) is 11.1 Å². The zero-order valence-electron chi connectivity index (χ0n) is 13.8. The molecule has 0 fully saturated rings. The second-order valence-electron chi connectivity index (χ2n) is 5.77. The van der Waals surface area contributed by atoms with Crippen LogP contribution in [0.25, 0.3) is 21.3 Å². The molecule has 2 heterocycles. The zero-order chi connectivity index (χ0) is 16.4. The van der Waals surface area contributed by atoms with Gasteiger partial charge in [0.05, 0.1) is 5.39 Å². The molecule has 2 aromatic heterocycles. The Balaban J connectivity index is 2.16. The number of hydrogen-bond acceptors (Lipinski definition) is 5. The fraction of sp³-hybridized carbons (Fsp3) is 0.333. The highest BCUT2D eigenvalue weighted by molar-refractivity contribution is 7.19. The van der Waals surface area contributed by atoms with Crippen molar-refractivity contribution in [2.75, 3.05) is 18.4 Å². The summed E-state index contributed by atoms with van der Waals surface area (Å²) in [6.07, 6.45) is 0.924. The molecule has 0 bridgehead atoms. The van der Waals surface area contributed by atoms with Gasteiger partial charge in [0.2, 0.25) is 0 Å². The molecule has 3 N–H and O–H groups in total. The third kappa shape index (κ3) is 3.21. The molecule has 5 heteroatoms. The second-order valence-corrected chi connectivity index (χ2v) is 6.97. The van der Waals surface area contributed by atoms with E-state index in [0.717, 1.165) is 34.8 Å². The van der Waals surface area contributed by atoms with Crippen LogP contribution in [0.2, 0.25) is 0 Å². The van der Waals surface area contributed by atoms with Crippen LogP contribution < -0.4 is 11.1 Å². The molecule has 0 aliphatic rings. The van der Waals surface area contributed by atoms with Crippen LogP contribution in [0.4, 0.5) is 5.82 Å². The maximum Gasteiger partial charge on any atom is 0.139 e. The fourth-order valence-electron chi connectivity index (χ4n) is 2.72. The van der Waals surface area contributed by atoms with Crippen molar-refractivity contribution in [1.29, 1.82) is 0 Å². The highest BCUT2D eigenvalue weighted by atomic mass is 32.1. The van der Waals surface area contributed by atoms with Gasteiger partial charge in [0.25, 0.3) is 0 Å². The van der Waals surface area contributed by atoms with Crippen LogP contribution in [0.5, 0.6) is 0 Å². The first-order valence-corrected chi connectivity index (χ1v) is 8.70. The van der Waals surface area contributed by atoms with E-state index in [1.165, 1.54) is 21.6 Å². The lowest BCUT2D eigenvalue weighted by molar-refractivity contribution is 0.869. The molecule has 0 spiro atoms. The lowest BCUT2D eigenvalue weighted by Gasteiger charge is -2.10. The summed E-state index contributed by atoms with van der Waals surface area (Å²) in [6, 6.07) is 8.64. The SMILES string of the molecule is Cc1ccc(-c2c(C)sc3nc(C)nc(NCCCN)c23)cc1. The summed E-state index contributed by atoms with van der Waals surface area (Å²) in [6.45, 7) is 7.70. The standard InChI is InChI=1S/C18H22N4S/c1-11-5-7-14(8-6-11)15-12(2)23-18-16(15)17(20-10-4-9-19)21-13(3)22-18/h5-8H,4,9-10,19H2,1-3H3,(H,20,21,22). The van der Waals surface area contributed by atoms with E-state index in [-0.39, 0.29) is 0 Å². The molecule has 3 rings (SSSR count). The number of nitrogens with zero attached hydrogens (tertiary/aromatic N) is 2. The number of thiophene rings is 1. The molecule has 120 valence electrons. The number of benzene rings is 1. The van der Waals surface area contributed by atoms with Gasteiger partial charge in [-0.2, -0.15) is 0 Å². The van der Waals surface area contributed by atoms with Gasteiger partial charge in [-0.05, 0) is 39.3 Å². The average Bonchev–Trinajstić information content (AvgIpc) is 2.84. The summed E-state index contributed by atoms with van der Waals surface area (Å²) in [7, 11) is 0. The molecule has 1 aromatic carbocycles. The average molecular weight is 326 g/mol. The van der Waals surface area contributed by atoms with E-state index in [9.17, 15) is 0 Å².